The lowest BCUT2D eigenvalue weighted by atomic mass is 9.86. The average Bonchev–Trinajstić information content (AvgIpc) is 2.86. The molecule has 0 atom stereocenters. The summed E-state index contributed by atoms with van der Waals surface area (Å²) in [5, 5.41) is 2.72. The molecule has 1 heterocycles. The van der Waals surface area contributed by atoms with E-state index in [2.05, 4.69) is 50.0 Å². The minimum Gasteiger partial charge on any atom is -0.291 e. The van der Waals surface area contributed by atoms with Crippen molar-refractivity contribution in [2.45, 2.75) is 33.1 Å². The van der Waals surface area contributed by atoms with Crippen molar-refractivity contribution in [2.75, 3.05) is 11.9 Å². The van der Waals surface area contributed by atoms with Crippen molar-refractivity contribution in [1.82, 2.24) is 4.98 Å². The van der Waals surface area contributed by atoms with E-state index in [1.165, 1.54) is 16.9 Å². The molecule has 4 heteroatoms. The molecule has 0 N–H and O–H groups in total. The van der Waals surface area contributed by atoms with Gasteiger partial charge >= 0.3 is 0 Å². The van der Waals surface area contributed by atoms with Gasteiger partial charge in [-0.05, 0) is 11.0 Å². The number of carbonyl (C=O) groups excluding carboxylic acids is 1. The minimum absolute atomic E-state index is 0.00557. The van der Waals surface area contributed by atoms with Crippen LogP contribution in [0.1, 0.15) is 33.3 Å². The highest BCUT2D eigenvalue weighted by Gasteiger charge is 2.14. The summed E-state index contributed by atoms with van der Waals surface area (Å²) in [4.78, 5) is 17.4. The summed E-state index contributed by atoms with van der Waals surface area (Å²) in [6, 6.07) is 8.46. The summed E-state index contributed by atoms with van der Waals surface area (Å²) in [5.74, 6) is -0.00557. The summed E-state index contributed by atoms with van der Waals surface area (Å²) in [5.41, 5.74) is 3.45. The molecule has 0 bridgehead atoms. The highest BCUT2D eigenvalue weighted by molar-refractivity contribution is 7.14. The lowest BCUT2D eigenvalue weighted by molar-refractivity contribution is -0.116. The normalized spacial score (nSPS) is 11.4. The Morgan fingerprint density at radius 1 is 1.20 bits per heavy atom. The molecule has 1 aromatic heterocycles. The van der Waals surface area contributed by atoms with Gasteiger partial charge in [-0.15, -0.1) is 11.3 Å². The second-order valence-electron chi connectivity index (χ2n) is 5.92. The van der Waals surface area contributed by atoms with E-state index in [4.69, 9.17) is 0 Å². The number of amides is 1. The number of anilines is 1. The molecule has 1 aromatic carbocycles. The Kier molecular flexibility index (Phi) is 3.95. The third-order valence-corrected chi connectivity index (χ3v) is 4.22. The maximum absolute atomic E-state index is 11.3. The Hall–Kier alpha value is -1.68. The molecule has 0 radical (unpaired) electrons. The monoisotopic (exact) mass is 288 g/mol. The molecular formula is C16H20N2OS. The molecule has 3 nitrogen and oxygen atoms in total. The van der Waals surface area contributed by atoms with E-state index in [1.54, 1.807) is 18.9 Å². The number of thiazole rings is 1. The van der Waals surface area contributed by atoms with Crippen molar-refractivity contribution in [3.63, 3.8) is 0 Å². The van der Waals surface area contributed by atoms with Crippen molar-refractivity contribution in [3.8, 4) is 11.3 Å². The first kappa shape index (κ1) is 14.7. The third kappa shape index (κ3) is 3.07. The number of hydrogen-bond donors (Lipinski definition) is 0. The number of rotatable bonds is 2. The molecule has 106 valence electrons. The van der Waals surface area contributed by atoms with Gasteiger partial charge in [-0.2, -0.15) is 0 Å². The summed E-state index contributed by atoms with van der Waals surface area (Å²) in [6.07, 6.45) is 0. The maximum atomic E-state index is 11.3. The molecule has 0 saturated heterocycles. The summed E-state index contributed by atoms with van der Waals surface area (Å²) >= 11 is 1.48. The van der Waals surface area contributed by atoms with Crippen molar-refractivity contribution in [3.05, 3.63) is 35.2 Å². The summed E-state index contributed by atoms with van der Waals surface area (Å²) in [7, 11) is 1.74. The second-order valence-corrected chi connectivity index (χ2v) is 6.76. The molecule has 0 spiro atoms. The van der Waals surface area contributed by atoms with Crippen LogP contribution < -0.4 is 4.90 Å². The van der Waals surface area contributed by atoms with Crippen molar-refractivity contribution < 1.29 is 4.79 Å². The fraction of sp³-hybridized carbons (Fsp3) is 0.375. The molecule has 20 heavy (non-hydrogen) atoms. The van der Waals surface area contributed by atoms with E-state index in [9.17, 15) is 4.79 Å². The van der Waals surface area contributed by atoms with Gasteiger partial charge in [-0.25, -0.2) is 4.98 Å². The molecule has 0 unspecified atom stereocenters. The molecule has 2 aromatic rings. The van der Waals surface area contributed by atoms with Crippen molar-refractivity contribution in [2.24, 2.45) is 0 Å². The lowest BCUT2D eigenvalue weighted by Gasteiger charge is -2.18. The van der Waals surface area contributed by atoms with Gasteiger partial charge in [0.1, 0.15) is 0 Å². The lowest BCUT2D eigenvalue weighted by Crippen LogP contribution is -2.22. The van der Waals surface area contributed by atoms with Crippen LogP contribution in [0.4, 0.5) is 5.13 Å². The highest BCUT2D eigenvalue weighted by atomic mass is 32.1. The molecule has 2 rings (SSSR count). The Morgan fingerprint density at radius 2 is 1.80 bits per heavy atom. The highest BCUT2D eigenvalue weighted by Crippen LogP contribution is 2.29. The SMILES string of the molecule is CC(=O)N(C)c1nc(-c2ccc(C(C)(C)C)cc2)cs1. The van der Waals surface area contributed by atoms with Crippen LogP contribution in [0.5, 0.6) is 0 Å². The smallest absolute Gasteiger partial charge is 0.225 e. The first-order valence-electron chi connectivity index (χ1n) is 6.60. The van der Waals surface area contributed by atoms with Crippen LogP contribution in [-0.4, -0.2) is 17.9 Å². The van der Waals surface area contributed by atoms with Crippen molar-refractivity contribution >= 4 is 22.4 Å². The van der Waals surface area contributed by atoms with Gasteiger partial charge in [0.05, 0.1) is 5.69 Å². The van der Waals surface area contributed by atoms with Gasteiger partial charge in [-0.1, -0.05) is 45.0 Å². The Bertz CT molecular complexity index is 608. The largest absolute Gasteiger partial charge is 0.291 e. The van der Waals surface area contributed by atoms with Crippen LogP contribution in [0.2, 0.25) is 0 Å². The van der Waals surface area contributed by atoms with Gasteiger partial charge < -0.3 is 0 Å². The Morgan fingerprint density at radius 3 is 2.30 bits per heavy atom. The molecule has 1 amide bonds. The predicted octanol–water partition coefficient (Wildman–Crippen LogP) is 4.09. The molecule has 0 aliphatic heterocycles. The zero-order valence-corrected chi connectivity index (χ0v) is 13.4. The van der Waals surface area contributed by atoms with E-state index in [1.807, 2.05) is 5.38 Å². The van der Waals surface area contributed by atoms with E-state index in [0.717, 1.165) is 16.4 Å². The minimum atomic E-state index is -0.00557. The van der Waals surface area contributed by atoms with Gasteiger partial charge in [0.2, 0.25) is 5.91 Å². The standard InChI is InChI=1S/C16H20N2OS/c1-11(19)18(5)15-17-14(10-20-15)12-6-8-13(9-7-12)16(2,3)4/h6-10H,1-5H3. The topological polar surface area (TPSA) is 33.2 Å². The molecule has 0 fully saturated rings. The number of hydrogen-bond acceptors (Lipinski definition) is 3. The zero-order chi connectivity index (χ0) is 14.9. The van der Waals surface area contributed by atoms with Crippen LogP contribution in [-0.2, 0) is 10.2 Å². The molecule has 0 aliphatic carbocycles. The first-order chi connectivity index (χ1) is 9.29. The number of carbonyl (C=O) groups is 1. The van der Waals surface area contributed by atoms with Crippen LogP contribution in [0.3, 0.4) is 0 Å². The summed E-state index contributed by atoms with van der Waals surface area (Å²) < 4.78 is 0. The predicted molar refractivity (Wildman–Crippen MR) is 85.3 cm³/mol. The Labute approximate surface area is 124 Å². The van der Waals surface area contributed by atoms with Crippen LogP contribution in [0, 0.1) is 0 Å². The van der Waals surface area contributed by atoms with E-state index < -0.39 is 0 Å². The maximum Gasteiger partial charge on any atom is 0.225 e. The van der Waals surface area contributed by atoms with E-state index >= 15 is 0 Å². The van der Waals surface area contributed by atoms with Crippen LogP contribution in [0.15, 0.2) is 29.6 Å². The van der Waals surface area contributed by atoms with E-state index in [-0.39, 0.29) is 11.3 Å². The second kappa shape index (κ2) is 5.37. The number of nitrogens with zero attached hydrogens (tertiary/aromatic N) is 2. The molecule has 0 aliphatic rings. The third-order valence-electron chi connectivity index (χ3n) is 3.30. The fourth-order valence-corrected chi connectivity index (χ4v) is 2.67. The zero-order valence-electron chi connectivity index (χ0n) is 12.6. The first-order valence-corrected chi connectivity index (χ1v) is 7.48. The Balaban J connectivity index is 2.27. The van der Waals surface area contributed by atoms with E-state index in [0.29, 0.717) is 0 Å². The van der Waals surface area contributed by atoms with Gasteiger partial charge in [-0.3, -0.25) is 9.69 Å². The summed E-state index contributed by atoms with van der Waals surface area (Å²) in [6.45, 7) is 8.14. The van der Waals surface area contributed by atoms with Crippen molar-refractivity contribution in [1.29, 1.82) is 0 Å². The number of aromatic nitrogens is 1. The average molecular weight is 288 g/mol. The van der Waals surface area contributed by atoms with Crippen LogP contribution >= 0.6 is 11.3 Å². The quantitative estimate of drug-likeness (QED) is 0.834. The molecular weight excluding hydrogens is 268 g/mol. The van der Waals surface area contributed by atoms with Gasteiger partial charge in [0.25, 0.3) is 0 Å². The number of benzene rings is 1. The molecule has 0 saturated carbocycles. The van der Waals surface area contributed by atoms with Gasteiger partial charge in [0, 0.05) is 24.9 Å². The van der Waals surface area contributed by atoms with Gasteiger partial charge in [0.15, 0.2) is 5.13 Å². The van der Waals surface area contributed by atoms with Crippen LogP contribution in [0.25, 0.3) is 11.3 Å². The fourth-order valence-electron chi connectivity index (χ4n) is 1.83.